The molecule has 1 aromatic heterocycles. The summed E-state index contributed by atoms with van der Waals surface area (Å²) >= 11 is 13.5. The number of nitrogens with one attached hydrogen (secondary N) is 1. The van der Waals surface area contributed by atoms with Crippen molar-refractivity contribution in [2.45, 2.75) is 75.0 Å². The van der Waals surface area contributed by atoms with Gasteiger partial charge in [-0.1, -0.05) is 92.7 Å². The van der Waals surface area contributed by atoms with Gasteiger partial charge in [-0.3, -0.25) is 9.36 Å². The third-order valence-electron chi connectivity index (χ3n) is 7.11. The Balaban J connectivity index is 1.58. The summed E-state index contributed by atoms with van der Waals surface area (Å²) in [5.41, 5.74) is 1.48. The molecule has 1 heterocycles. The lowest BCUT2D eigenvalue weighted by atomic mass is 10.1. The molecular weight excluding hydrogens is 589 g/mol. The van der Waals surface area contributed by atoms with E-state index in [1.54, 1.807) is 36.4 Å². The summed E-state index contributed by atoms with van der Waals surface area (Å²) in [5.74, 6) is 0.631. The van der Waals surface area contributed by atoms with Gasteiger partial charge in [-0.2, -0.15) is 4.31 Å². The summed E-state index contributed by atoms with van der Waals surface area (Å²) in [6, 6.07) is 12.3. The molecule has 0 atom stereocenters. The number of carbonyl (C=O) groups is 1. The molecule has 4 rings (SSSR count). The zero-order valence-electron chi connectivity index (χ0n) is 22.8. The van der Waals surface area contributed by atoms with Crippen molar-refractivity contribution in [3.05, 3.63) is 58.1 Å². The molecule has 1 N–H and O–H groups in total. The van der Waals surface area contributed by atoms with Crippen LogP contribution in [0.3, 0.4) is 0 Å². The molecule has 40 heavy (non-hydrogen) atoms. The molecule has 1 amide bonds. The van der Waals surface area contributed by atoms with E-state index >= 15 is 0 Å². The molecule has 216 valence electrons. The van der Waals surface area contributed by atoms with Crippen LogP contribution in [0.5, 0.6) is 0 Å². The second-order valence-corrected chi connectivity index (χ2v) is 13.5. The quantitative estimate of drug-likeness (QED) is 0.191. The molecule has 12 heteroatoms. The Hall–Kier alpha value is -2.11. The number of aromatic nitrogens is 3. The van der Waals surface area contributed by atoms with Crippen molar-refractivity contribution in [1.82, 2.24) is 24.4 Å². The predicted octanol–water partition coefficient (Wildman–Crippen LogP) is 6.59. The zero-order chi connectivity index (χ0) is 28.7. The van der Waals surface area contributed by atoms with Crippen molar-refractivity contribution < 1.29 is 13.2 Å². The van der Waals surface area contributed by atoms with Crippen molar-refractivity contribution in [2.75, 3.05) is 18.8 Å². The number of hydrogen-bond donors (Lipinski definition) is 1. The minimum Gasteiger partial charge on any atom is -0.351 e. The van der Waals surface area contributed by atoms with Crippen LogP contribution in [0, 0.1) is 0 Å². The van der Waals surface area contributed by atoms with E-state index in [0.29, 0.717) is 46.2 Å². The Bertz CT molecular complexity index is 1420. The Morgan fingerprint density at radius 1 is 1.05 bits per heavy atom. The van der Waals surface area contributed by atoms with Crippen LogP contribution < -0.4 is 5.32 Å². The van der Waals surface area contributed by atoms with Crippen molar-refractivity contribution >= 4 is 50.9 Å². The number of carbonyl (C=O) groups excluding carboxylic acids is 1. The fourth-order valence-electron chi connectivity index (χ4n) is 4.97. The Labute approximate surface area is 250 Å². The highest BCUT2D eigenvalue weighted by Crippen LogP contribution is 2.35. The minimum atomic E-state index is -3.62. The first-order chi connectivity index (χ1) is 19.2. The number of halogens is 2. The van der Waals surface area contributed by atoms with Gasteiger partial charge in [0.05, 0.1) is 10.6 Å². The maximum absolute atomic E-state index is 13.2. The van der Waals surface area contributed by atoms with Gasteiger partial charge in [-0.25, -0.2) is 8.42 Å². The van der Waals surface area contributed by atoms with E-state index in [-0.39, 0.29) is 22.6 Å². The van der Waals surface area contributed by atoms with E-state index in [1.807, 2.05) is 19.9 Å². The van der Waals surface area contributed by atoms with Gasteiger partial charge in [0, 0.05) is 41.3 Å². The van der Waals surface area contributed by atoms with Crippen LogP contribution in [0.15, 0.2) is 52.5 Å². The third-order valence-corrected chi connectivity index (χ3v) is 10.7. The average Bonchev–Trinajstić information content (AvgIpc) is 3.17. The van der Waals surface area contributed by atoms with Crippen LogP contribution in [0.2, 0.25) is 10.0 Å². The van der Waals surface area contributed by atoms with Crippen molar-refractivity contribution in [2.24, 2.45) is 0 Å². The first-order valence-corrected chi connectivity index (χ1v) is 16.8. The molecule has 1 aliphatic carbocycles. The second-order valence-electron chi connectivity index (χ2n) is 9.74. The Kier molecular flexibility index (Phi) is 10.9. The Morgan fingerprint density at radius 2 is 1.77 bits per heavy atom. The lowest BCUT2D eigenvalue weighted by molar-refractivity contribution is -0.118. The SMILES string of the molecule is CCN(CC)S(=O)(=O)c1cccc(-c2nnc(SCC(=O)NCc3ccc(Cl)cc3Cl)n2C2CCCCCC2)c1. The normalized spacial score (nSPS) is 14.8. The van der Waals surface area contributed by atoms with Gasteiger partial charge in [-0.05, 0) is 42.7 Å². The van der Waals surface area contributed by atoms with Crippen molar-refractivity contribution in [1.29, 1.82) is 0 Å². The lowest BCUT2D eigenvalue weighted by Gasteiger charge is -2.21. The maximum atomic E-state index is 13.2. The summed E-state index contributed by atoms with van der Waals surface area (Å²) in [4.78, 5) is 13.0. The molecule has 1 saturated carbocycles. The summed E-state index contributed by atoms with van der Waals surface area (Å²) in [6.45, 7) is 4.75. The molecule has 0 radical (unpaired) electrons. The smallest absolute Gasteiger partial charge is 0.243 e. The molecule has 1 aliphatic rings. The number of hydrogen-bond acceptors (Lipinski definition) is 6. The molecule has 2 aromatic carbocycles. The van der Waals surface area contributed by atoms with Crippen LogP contribution in [0.1, 0.15) is 64.0 Å². The second kappa shape index (κ2) is 14.2. The topological polar surface area (TPSA) is 97.2 Å². The van der Waals surface area contributed by atoms with Crippen LogP contribution in [0.4, 0.5) is 0 Å². The largest absolute Gasteiger partial charge is 0.351 e. The molecule has 8 nitrogen and oxygen atoms in total. The lowest BCUT2D eigenvalue weighted by Crippen LogP contribution is -2.30. The third kappa shape index (κ3) is 7.39. The number of thioether (sulfide) groups is 1. The van der Waals surface area contributed by atoms with Gasteiger partial charge in [0.15, 0.2) is 11.0 Å². The van der Waals surface area contributed by atoms with E-state index in [1.165, 1.54) is 28.9 Å². The van der Waals surface area contributed by atoms with Gasteiger partial charge in [-0.15, -0.1) is 10.2 Å². The van der Waals surface area contributed by atoms with E-state index in [9.17, 15) is 13.2 Å². The van der Waals surface area contributed by atoms with Crippen LogP contribution in [-0.4, -0.2) is 52.2 Å². The number of amides is 1. The molecule has 0 aliphatic heterocycles. The maximum Gasteiger partial charge on any atom is 0.243 e. The molecule has 0 saturated heterocycles. The summed E-state index contributed by atoms with van der Waals surface area (Å²) in [5, 5.41) is 13.6. The fourth-order valence-corrected chi connectivity index (χ4v) is 7.78. The zero-order valence-corrected chi connectivity index (χ0v) is 25.9. The summed E-state index contributed by atoms with van der Waals surface area (Å²) in [6.07, 6.45) is 6.54. The molecular formula is C28H35Cl2N5O3S2. The van der Waals surface area contributed by atoms with E-state index in [0.717, 1.165) is 31.2 Å². The highest BCUT2D eigenvalue weighted by molar-refractivity contribution is 7.99. The molecule has 1 fully saturated rings. The molecule has 0 spiro atoms. The molecule has 0 unspecified atom stereocenters. The predicted molar refractivity (Wildman–Crippen MR) is 161 cm³/mol. The standard InChI is InChI=1S/C28H35Cl2N5O3S2/c1-3-34(4-2)40(37,38)24-13-9-10-20(16-24)27-32-33-28(35(27)23-11-7-5-6-8-12-23)39-19-26(36)31-18-21-14-15-22(29)17-25(21)30/h9-10,13-17,23H,3-8,11-12,18-19H2,1-2H3,(H,31,36). The summed E-state index contributed by atoms with van der Waals surface area (Å²) < 4.78 is 30.0. The van der Waals surface area contributed by atoms with Gasteiger partial charge in [0.2, 0.25) is 15.9 Å². The van der Waals surface area contributed by atoms with Gasteiger partial charge < -0.3 is 5.32 Å². The fraction of sp³-hybridized carbons (Fsp3) is 0.464. The van der Waals surface area contributed by atoms with E-state index in [2.05, 4.69) is 20.1 Å². The number of sulfonamides is 1. The Morgan fingerprint density at radius 3 is 2.45 bits per heavy atom. The minimum absolute atomic E-state index is 0.153. The number of nitrogens with zero attached hydrogens (tertiary/aromatic N) is 4. The molecule has 3 aromatic rings. The van der Waals surface area contributed by atoms with Gasteiger partial charge in [0.25, 0.3) is 0 Å². The van der Waals surface area contributed by atoms with Crippen LogP contribution in [0.25, 0.3) is 11.4 Å². The van der Waals surface area contributed by atoms with E-state index < -0.39 is 10.0 Å². The molecule has 0 bridgehead atoms. The van der Waals surface area contributed by atoms with Gasteiger partial charge in [0.1, 0.15) is 0 Å². The van der Waals surface area contributed by atoms with Crippen LogP contribution in [-0.2, 0) is 21.4 Å². The highest BCUT2D eigenvalue weighted by Gasteiger charge is 2.26. The summed E-state index contributed by atoms with van der Waals surface area (Å²) in [7, 11) is -3.62. The van der Waals surface area contributed by atoms with Crippen LogP contribution >= 0.6 is 35.0 Å². The van der Waals surface area contributed by atoms with Crippen molar-refractivity contribution in [3.63, 3.8) is 0 Å². The monoisotopic (exact) mass is 623 g/mol. The first kappa shape index (κ1) is 30.8. The first-order valence-electron chi connectivity index (χ1n) is 13.6. The van der Waals surface area contributed by atoms with Crippen molar-refractivity contribution in [3.8, 4) is 11.4 Å². The average molecular weight is 625 g/mol. The van der Waals surface area contributed by atoms with Gasteiger partial charge >= 0.3 is 0 Å². The number of rotatable bonds is 11. The van der Waals surface area contributed by atoms with E-state index in [4.69, 9.17) is 23.2 Å². The highest BCUT2D eigenvalue weighted by atomic mass is 35.5. The number of benzene rings is 2.